The van der Waals surface area contributed by atoms with Crippen LogP contribution in [0, 0.1) is 0 Å². The van der Waals surface area contributed by atoms with Crippen LogP contribution in [0.4, 0.5) is 18.0 Å². The minimum absolute atomic E-state index is 0.135. The maximum Gasteiger partial charge on any atom is 0.523 e. The van der Waals surface area contributed by atoms with Gasteiger partial charge in [0.1, 0.15) is 0 Å². The molecule has 0 fully saturated rings. The van der Waals surface area contributed by atoms with E-state index in [-0.39, 0.29) is 13.0 Å². The van der Waals surface area contributed by atoms with E-state index in [2.05, 4.69) is 4.18 Å². The summed E-state index contributed by atoms with van der Waals surface area (Å²) in [4.78, 5) is 11.2. The molecule has 0 aromatic carbocycles. The van der Waals surface area contributed by atoms with Gasteiger partial charge in [0, 0.05) is 12.7 Å². The van der Waals surface area contributed by atoms with Gasteiger partial charge >= 0.3 is 21.7 Å². The van der Waals surface area contributed by atoms with E-state index in [1.54, 1.807) is 0 Å². The van der Waals surface area contributed by atoms with E-state index in [9.17, 15) is 26.4 Å². The average Bonchev–Trinajstić information content (AvgIpc) is 2.16. The number of nitrogens with zero attached hydrogens (tertiary/aromatic N) is 1. The second-order valence-electron chi connectivity index (χ2n) is 3.14. The van der Waals surface area contributed by atoms with Crippen molar-refractivity contribution in [3.8, 4) is 0 Å². The summed E-state index contributed by atoms with van der Waals surface area (Å²) in [6.45, 7) is -0.135. The lowest BCUT2D eigenvalue weighted by molar-refractivity contribution is -0.0564. The zero-order valence-electron chi connectivity index (χ0n) is 8.22. The van der Waals surface area contributed by atoms with Crippen LogP contribution in [0.5, 0.6) is 0 Å². The Labute approximate surface area is 94.4 Å². The Morgan fingerprint density at radius 1 is 1.47 bits per heavy atom. The summed E-state index contributed by atoms with van der Waals surface area (Å²) in [6.07, 6.45) is -0.850. The molecule has 1 aliphatic heterocycles. The van der Waals surface area contributed by atoms with E-state index >= 15 is 0 Å². The van der Waals surface area contributed by atoms with Crippen molar-refractivity contribution in [3.63, 3.8) is 0 Å². The van der Waals surface area contributed by atoms with Crippen LogP contribution in [0.1, 0.15) is 6.42 Å². The molecule has 6 nitrogen and oxygen atoms in total. The van der Waals surface area contributed by atoms with Crippen LogP contribution in [0.3, 0.4) is 0 Å². The molecule has 1 heterocycles. The number of rotatable bonds is 2. The first kappa shape index (κ1) is 13.8. The first-order valence-electron chi connectivity index (χ1n) is 4.31. The van der Waals surface area contributed by atoms with Gasteiger partial charge in [-0.2, -0.15) is 21.6 Å². The number of halogens is 3. The van der Waals surface area contributed by atoms with Gasteiger partial charge in [0.25, 0.3) is 0 Å². The van der Waals surface area contributed by atoms with Crippen LogP contribution in [0.25, 0.3) is 0 Å². The maximum atomic E-state index is 12.0. The van der Waals surface area contributed by atoms with Gasteiger partial charge < -0.3 is 5.11 Å². The predicted octanol–water partition coefficient (Wildman–Crippen LogP) is 1.12. The number of hydrogen-bond acceptors (Lipinski definition) is 4. The van der Waals surface area contributed by atoms with Gasteiger partial charge in [-0.3, -0.25) is 9.08 Å². The first-order valence-corrected chi connectivity index (χ1v) is 5.72. The Kier molecular flexibility index (Phi) is 3.67. The van der Waals surface area contributed by atoms with Crippen LogP contribution in [-0.2, 0) is 14.3 Å². The van der Waals surface area contributed by atoms with E-state index in [4.69, 9.17) is 5.11 Å². The molecule has 0 aliphatic carbocycles. The second kappa shape index (κ2) is 4.53. The number of alkyl halides is 3. The lowest BCUT2D eigenvalue weighted by Gasteiger charge is -2.23. The molecule has 0 bridgehead atoms. The van der Waals surface area contributed by atoms with Gasteiger partial charge in [-0.15, -0.1) is 0 Å². The standard InChI is InChI=1S/C7H8F3NO5S/c8-7(9,10)17(14,15)16-5-1-3-11(4-2-5)6(12)13/h1,3,5H,2,4H2,(H,12,13). The summed E-state index contributed by atoms with van der Waals surface area (Å²) in [7, 11) is -5.65. The van der Waals surface area contributed by atoms with Crippen LogP contribution in [0.2, 0.25) is 0 Å². The summed E-state index contributed by atoms with van der Waals surface area (Å²) in [6, 6.07) is 0. The van der Waals surface area contributed by atoms with Gasteiger partial charge in [-0.25, -0.2) is 4.79 Å². The first-order chi connectivity index (χ1) is 7.63. The van der Waals surface area contributed by atoms with Crippen LogP contribution in [0.15, 0.2) is 12.3 Å². The number of hydrogen-bond donors (Lipinski definition) is 1. The molecule has 0 saturated heterocycles. The van der Waals surface area contributed by atoms with Crippen LogP contribution in [-0.4, -0.2) is 42.7 Å². The zero-order chi connectivity index (χ0) is 13.3. The van der Waals surface area contributed by atoms with E-state index in [0.29, 0.717) is 0 Å². The fourth-order valence-corrected chi connectivity index (χ4v) is 1.69. The summed E-state index contributed by atoms with van der Waals surface area (Å²) >= 11 is 0. The third kappa shape index (κ3) is 3.33. The number of carboxylic acid groups (broad SMARTS) is 1. The lowest BCUT2D eigenvalue weighted by Crippen LogP contribution is -2.35. The summed E-state index contributed by atoms with van der Waals surface area (Å²) in [5.41, 5.74) is -5.48. The molecule has 1 amide bonds. The van der Waals surface area contributed by atoms with E-state index < -0.39 is 27.8 Å². The highest BCUT2D eigenvalue weighted by Crippen LogP contribution is 2.27. The van der Waals surface area contributed by atoms with Crippen molar-refractivity contribution in [2.75, 3.05) is 6.54 Å². The molecular weight excluding hydrogens is 267 g/mol. The van der Waals surface area contributed by atoms with E-state index in [1.807, 2.05) is 0 Å². The number of carbonyl (C=O) groups is 1. The number of amides is 1. The Hall–Kier alpha value is -1.29. The fourth-order valence-electron chi connectivity index (χ4n) is 1.09. The molecule has 1 rings (SSSR count). The normalized spacial score (nSPS) is 21.6. The Bertz CT molecular complexity index is 429. The monoisotopic (exact) mass is 275 g/mol. The molecule has 0 saturated carbocycles. The fraction of sp³-hybridized carbons (Fsp3) is 0.571. The molecule has 98 valence electrons. The molecule has 0 radical (unpaired) electrons. The third-order valence-corrected chi connectivity index (χ3v) is 2.98. The predicted molar refractivity (Wildman–Crippen MR) is 48.3 cm³/mol. The van der Waals surface area contributed by atoms with Crippen molar-refractivity contribution in [3.05, 3.63) is 12.3 Å². The van der Waals surface area contributed by atoms with Gasteiger partial charge in [0.15, 0.2) is 0 Å². The van der Waals surface area contributed by atoms with Crippen molar-refractivity contribution in [1.82, 2.24) is 4.90 Å². The van der Waals surface area contributed by atoms with Crippen molar-refractivity contribution in [2.45, 2.75) is 18.0 Å². The smallest absolute Gasteiger partial charge is 0.465 e. The van der Waals surface area contributed by atoms with Crippen molar-refractivity contribution >= 4 is 16.2 Å². The molecule has 10 heteroatoms. The van der Waals surface area contributed by atoms with E-state index in [1.165, 1.54) is 0 Å². The van der Waals surface area contributed by atoms with Crippen molar-refractivity contribution in [2.24, 2.45) is 0 Å². The molecule has 1 unspecified atom stereocenters. The maximum absolute atomic E-state index is 12.0. The Morgan fingerprint density at radius 2 is 2.06 bits per heavy atom. The summed E-state index contributed by atoms with van der Waals surface area (Å²) in [5.74, 6) is 0. The highest BCUT2D eigenvalue weighted by molar-refractivity contribution is 7.87. The zero-order valence-corrected chi connectivity index (χ0v) is 9.03. The molecule has 0 spiro atoms. The molecule has 1 atom stereocenters. The largest absolute Gasteiger partial charge is 0.523 e. The Morgan fingerprint density at radius 3 is 2.41 bits per heavy atom. The lowest BCUT2D eigenvalue weighted by atomic mass is 10.2. The van der Waals surface area contributed by atoms with Gasteiger partial charge in [-0.1, -0.05) is 0 Å². The topological polar surface area (TPSA) is 83.9 Å². The van der Waals surface area contributed by atoms with Crippen molar-refractivity contribution in [1.29, 1.82) is 0 Å². The molecule has 17 heavy (non-hydrogen) atoms. The van der Waals surface area contributed by atoms with E-state index in [0.717, 1.165) is 17.2 Å². The average molecular weight is 275 g/mol. The minimum atomic E-state index is -5.65. The van der Waals surface area contributed by atoms with Crippen molar-refractivity contribution < 1.29 is 35.7 Å². The van der Waals surface area contributed by atoms with Gasteiger partial charge in [-0.05, 0) is 12.5 Å². The molecule has 1 N–H and O–H groups in total. The second-order valence-corrected chi connectivity index (χ2v) is 4.70. The SMILES string of the molecule is O=C(O)N1C=CC(OS(=O)(=O)C(F)(F)F)CC1. The molecule has 1 aliphatic rings. The highest BCUT2D eigenvalue weighted by Gasteiger charge is 2.48. The Balaban J connectivity index is 2.69. The van der Waals surface area contributed by atoms with Gasteiger partial charge in [0.2, 0.25) is 0 Å². The quantitative estimate of drug-likeness (QED) is 0.603. The summed E-state index contributed by atoms with van der Waals surface area (Å²) in [5, 5.41) is 8.52. The van der Waals surface area contributed by atoms with Crippen LogP contribution >= 0.6 is 0 Å². The molecule has 0 aromatic heterocycles. The summed E-state index contributed by atoms with van der Waals surface area (Å²) < 4.78 is 61.0. The van der Waals surface area contributed by atoms with Crippen LogP contribution < -0.4 is 0 Å². The molecule has 0 aromatic rings. The third-order valence-electron chi connectivity index (χ3n) is 1.91. The van der Waals surface area contributed by atoms with Gasteiger partial charge in [0.05, 0.1) is 6.10 Å². The minimum Gasteiger partial charge on any atom is -0.465 e. The highest BCUT2D eigenvalue weighted by atomic mass is 32.2. The molecular formula is C7H8F3NO5S.